The molecule has 1 aromatic heterocycles. The van der Waals surface area contributed by atoms with Gasteiger partial charge in [-0.15, -0.1) is 24.0 Å². The maximum absolute atomic E-state index is 12.1. The molecule has 0 spiro atoms. The number of rotatable bonds is 8. The standard InChI is InChI=1S/C26H31N5O2.HI/c1-27-26(29-16-21-14-25(32)30-24-12-6-5-11-23(21)24)28-15-19-8-3-4-9-20(19)17-31(2)18-22-10-7-13-33-22;/h3-13,21H,14-18H2,1-2H3,(H,30,32)(H2,27,28,29);1H. The van der Waals surface area contributed by atoms with Gasteiger partial charge in [0.1, 0.15) is 5.76 Å². The van der Waals surface area contributed by atoms with Crippen molar-refractivity contribution in [2.45, 2.75) is 32.0 Å². The molecule has 0 saturated carbocycles. The first-order valence-electron chi connectivity index (χ1n) is 11.2. The lowest BCUT2D eigenvalue weighted by Gasteiger charge is -2.26. The van der Waals surface area contributed by atoms with Gasteiger partial charge in [-0.2, -0.15) is 0 Å². The Hall–Kier alpha value is -2.85. The van der Waals surface area contributed by atoms with Gasteiger partial charge < -0.3 is 20.4 Å². The van der Waals surface area contributed by atoms with Crippen LogP contribution in [0.25, 0.3) is 0 Å². The number of guanidine groups is 1. The Morgan fingerprint density at radius 3 is 2.59 bits per heavy atom. The topological polar surface area (TPSA) is 81.9 Å². The van der Waals surface area contributed by atoms with Crippen molar-refractivity contribution in [2.75, 3.05) is 26.0 Å². The molecular weight excluding hydrogens is 541 g/mol. The smallest absolute Gasteiger partial charge is 0.225 e. The molecule has 1 aliphatic heterocycles. The quantitative estimate of drug-likeness (QED) is 0.213. The van der Waals surface area contributed by atoms with Crippen molar-refractivity contribution in [3.8, 4) is 0 Å². The number of benzene rings is 2. The number of amides is 1. The van der Waals surface area contributed by atoms with E-state index < -0.39 is 0 Å². The minimum Gasteiger partial charge on any atom is -0.468 e. The molecule has 3 aromatic rings. The summed E-state index contributed by atoms with van der Waals surface area (Å²) >= 11 is 0. The second-order valence-electron chi connectivity index (χ2n) is 8.36. The monoisotopic (exact) mass is 573 g/mol. The van der Waals surface area contributed by atoms with Crippen LogP contribution in [0.15, 0.2) is 76.3 Å². The van der Waals surface area contributed by atoms with Crippen molar-refractivity contribution >= 4 is 41.5 Å². The van der Waals surface area contributed by atoms with Gasteiger partial charge in [0.05, 0.1) is 12.8 Å². The highest BCUT2D eigenvalue weighted by Crippen LogP contribution is 2.31. The molecule has 8 heteroatoms. The average Bonchev–Trinajstić information content (AvgIpc) is 3.32. The predicted molar refractivity (Wildman–Crippen MR) is 146 cm³/mol. The summed E-state index contributed by atoms with van der Waals surface area (Å²) < 4.78 is 5.47. The summed E-state index contributed by atoms with van der Waals surface area (Å²) in [6.07, 6.45) is 2.17. The van der Waals surface area contributed by atoms with Crippen molar-refractivity contribution in [2.24, 2.45) is 4.99 Å². The van der Waals surface area contributed by atoms with E-state index in [9.17, 15) is 4.79 Å². The highest BCUT2D eigenvalue weighted by atomic mass is 127. The van der Waals surface area contributed by atoms with Crippen molar-refractivity contribution < 1.29 is 9.21 Å². The third kappa shape index (κ3) is 6.83. The van der Waals surface area contributed by atoms with Gasteiger partial charge in [-0.25, -0.2) is 0 Å². The van der Waals surface area contributed by atoms with Gasteiger partial charge in [0.25, 0.3) is 0 Å². The van der Waals surface area contributed by atoms with Gasteiger partial charge in [-0.1, -0.05) is 42.5 Å². The molecule has 180 valence electrons. The Balaban J connectivity index is 0.00000324. The molecule has 4 rings (SSSR count). The van der Waals surface area contributed by atoms with Crippen LogP contribution in [0.3, 0.4) is 0 Å². The van der Waals surface area contributed by atoms with E-state index in [0.29, 0.717) is 19.5 Å². The molecule has 1 aliphatic rings. The van der Waals surface area contributed by atoms with Crippen LogP contribution in [0.2, 0.25) is 0 Å². The Bertz CT molecular complexity index is 1100. The summed E-state index contributed by atoms with van der Waals surface area (Å²) in [5.74, 6) is 1.83. The van der Waals surface area contributed by atoms with E-state index in [1.165, 1.54) is 11.1 Å². The molecule has 2 aromatic carbocycles. The predicted octanol–water partition coefficient (Wildman–Crippen LogP) is 4.32. The summed E-state index contributed by atoms with van der Waals surface area (Å²) in [6.45, 7) is 2.87. The maximum Gasteiger partial charge on any atom is 0.225 e. The van der Waals surface area contributed by atoms with Crippen LogP contribution in [0.5, 0.6) is 0 Å². The van der Waals surface area contributed by atoms with E-state index in [1.807, 2.05) is 30.3 Å². The largest absolute Gasteiger partial charge is 0.468 e. The average molecular weight is 573 g/mol. The zero-order valence-electron chi connectivity index (χ0n) is 19.6. The first kappa shape index (κ1) is 25.8. The van der Waals surface area contributed by atoms with Gasteiger partial charge in [0.2, 0.25) is 5.91 Å². The van der Waals surface area contributed by atoms with Crippen LogP contribution in [0.4, 0.5) is 5.69 Å². The van der Waals surface area contributed by atoms with Crippen LogP contribution in [-0.4, -0.2) is 37.4 Å². The molecule has 1 atom stereocenters. The number of furan rings is 1. The Kier molecular flexibility index (Phi) is 9.52. The summed E-state index contributed by atoms with van der Waals surface area (Å²) in [7, 11) is 3.85. The fraction of sp³-hybridized carbons (Fsp3) is 0.308. The van der Waals surface area contributed by atoms with Crippen LogP contribution in [0, 0.1) is 0 Å². The molecule has 0 fully saturated rings. The summed E-state index contributed by atoms with van der Waals surface area (Å²) in [6, 6.07) is 20.3. The maximum atomic E-state index is 12.1. The van der Waals surface area contributed by atoms with Gasteiger partial charge in [0.15, 0.2) is 5.96 Å². The minimum absolute atomic E-state index is 0. The fourth-order valence-electron chi connectivity index (χ4n) is 4.20. The number of fused-ring (bicyclic) bond motifs is 1. The zero-order chi connectivity index (χ0) is 23.0. The first-order valence-corrected chi connectivity index (χ1v) is 11.2. The molecule has 2 heterocycles. The van der Waals surface area contributed by atoms with Crippen LogP contribution < -0.4 is 16.0 Å². The fourth-order valence-corrected chi connectivity index (χ4v) is 4.20. The molecule has 0 radical (unpaired) electrons. The van der Waals surface area contributed by atoms with E-state index in [2.05, 4.69) is 63.2 Å². The van der Waals surface area contributed by atoms with Crippen LogP contribution in [-0.2, 0) is 24.4 Å². The number of carbonyl (C=O) groups is 1. The SMILES string of the molecule is CN=C(NCc1ccccc1CN(C)Cc1ccco1)NCC1CC(=O)Nc2ccccc21.I. The number of anilines is 1. The molecule has 1 unspecified atom stereocenters. The van der Waals surface area contributed by atoms with E-state index in [1.54, 1.807) is 13.3 Å². The zero-order valence-corrected chi connectivity index (χ0v) is 21.9. The summed E-state index contributed by atoms with van der Waals surface area (Å²) in [5, 5.41) is 9.77. The highest BCUT2D eigenvalue weighted by Gasteiger charge is 2.24. The number of nitrogens with one attached hydrogen (secondary N) is 3. The minimum atomic E-state index is 0. The Labute approximate surface area is 218 Å². The number of hydrogen-bond donors (Lipinski definition) is 3. The number of carbonyl (C=O) groups excluding carboxylic acids is 1. The lowest BCUT2D eigenvalue weighted by Crippen LogP contribution is -2.40. The van der Waals surface area contributed by atoms with E-state index in [4.69, 9.17) is 4.42 Å². The molecule has 0 aliphatic carbocycles. The Morgan fingerprint density at radius 2 is 1.82 bits per heavy atom. The molecule has 1 amide bonds. The van der Waals surface area contributed by atoms with E-state index >= 15 is 0 Å². The van der Waals surface area contributed by atoms with Crippen molar-refractivity contribution in [1.29, 1.82) is 0 Å². The summed E-state index contributed by atoms with van der Waals surface area (Å²) in [5.41, 5.74) is 4.53. The van der Waals surface area contributed by atoms with Crippen LogP contribution in [0.1, 0.15) is 34.8 Å². The normalized spacial score (nSPS) is 15.3. The number of nitrogens with zero attached hydrogens (tertiary/aromatic N) is 2. The molecule has 0 saturated heterocycles. The molecular formula is C26H32IN5O2. The third-order valence-corrected chi connectivity index (χ3v) is 5.86. The molecule has 34 heavy (non-hydrogen) atoms. The highest BCUT2D eigenvalue weighted by molar-refractivity contribution is 14.0. The number of hydrogen-bond acceptors (Lipinski definition) is 4. The van der Waals surface area contributed by atoms with E-state index in [0.717, 1.165) is 36.1 Å². The molecule has 3 N–H and O–H groups in total. The third-order valence-electron chi connectivity index (χ3n) is 5.86. The molecule has 7 nitrogen and oxygen atoms in total. The number of aliphatic imine (C=N–C) groups is 1. The second-order valence-corrected chi connectivity index (χ2v) is 8.36. The first-order chi connectivity index (χ1) is 16.1. The van der Waals surface area contributed by atoms with Crippen LogP contribution >= 0.6 is 24.0 Å². The van der Waals surface area contributed by atoms with Crippen molar-refractivity contribution in [3.05, 3.63) is 89.4 Å². The van der Waals surface area contributed by atoms with Gasteiger partial charge in [0, 0.05) is 44.7 Å². The van der Waals surface area contributed by atoms with Gasteiger partial charge in [-0.05, 0) is 41.9 Å². The lowest BCUT2D eigenvalue weighted by molar-refractivity contribution is -0.116. The second kappa shape index (κ2) is 12.6. The number of para-hydroxylation sites is 1. The Morgan fingerprint density at radius 1 is 1.06 bits per heavy atom. The summed E-state index contributed by atoms with van der Waals surface area (Å²) in [4.78, 5) is 18.7. The molecule has 0 bridgehead atoms. The van der Waals surface area contributed by atoms with Crippen molar-refractivity contribution in [3.63, 3.8) is 0 Å². The lowest BCUT2D eigenvalue weighted by atomic mass is 9.90. The van der Waals surface area contributed by atoms with Crippen molar-refractivity contribution in [1.82, 2.24) is 15.5 Å². The van der Waals surface area contributed by atoms with Gasteiger partial charge >= 0.3 is 0 Å². The van der Waals surface area contributed by atoms with Gasteiger partial charge in [-0.3, -0.25) is 14.7 Å². The number of halogens is 1. The van der Waals surface area contributed by atoms with E-state index in [-0.39, 0.29) is 35.8 Å².